The fourth-order valence-electron chi connectivity index (χ4n) is 1.55. The number of Topliss-reactive ketones (excluding diaryl/α,β-unsaturated/α-hetero) is 1. The Labute approximate surface area is 121 Å². The van der Waals surface area contributed by atoms with Crippen molar-refractivity contribution in [3.05, 3.63) is 29.3 Å². The van der Waals surface area contributed by atoms with Crippen LogP contribution in [-0.2, 0) is 9.59 Å². The molecule has 0 saturated carbocycles. The maximum absolute atomic E-state index is 12.2. The Kier molecular flexibility index (Phi) is 5.58. The van der Waals surface area contributed by atoms with Crippen LogP contribution in [0.1, 0.15) is 29.0 Å². The van der Waals surface area contributed by atoms with Crippen LogP contribution in [0.5, 0.6) is 5.75 Å². The lowest BCUT2D eigenvalue weighted by molar-refractivity contribution is -0.147. The van der Waals surface area contributed by atoms with E-state index in [-0.39, 0.29) is 22.7 Å². The summed E-state index contributed by atoms with van der Waals surface area (Å²) in [6, 6.07) is 3.31. The quantitative estimate of drug-likeness (QED) is 0.768. The Morgan fingerprint density at radius 2 is 1.90 bits per heavy atom. The van der Waals surface area contributed by atoms with Gasteiger partial charge in [0.2, 0.25) is 0 Å². The van der Waals surface area contributed by atoms with Crippen LogP contribution in [0.3, 0.4) is 0 Å². The third-order valence-electron chi connectivity index (χ3n) is 2.44. The van der Waals surface area contributed by atoms with Crippen LogP contribution >= 0.6 is 15.9 Å². The number of carboxylic acids is 1. The summed E-state index contributed by atoms with van der Waals surface area (Å²) in [7, 11) is 0. The van der Waals surface area contributed by atoms with Crippen molar-refractivity contribution in [3.63, 3.8) is 0 Å². The Balaban J connectivity index is 3.29. The van der Waals surface area contributed by atoms with E-state index in [2.05, 4.69) is 20.7 Å². The number of rotatable bonds is 6. The first-order chi connectivity index (χ1) is 9.23. The van der Waals surface area contributed by atoms with E-state index in [9.17, 15) is 23.5 Å². The standard InChI is InChI=1S/C12H11BrF2O5/c1-5(16)9(13)8-4-6(20-12(14)15)2-3-7(8)10(17)11(18)19/h2-4,9-10,12,17H,1H3,(H,18,19). The molecule has 0 aliphatic carbocycles. The van der Waals surface area contributed by atoms with E-state index < -0.39 is 23.5 Å². The average Bonchev–Trinajstić information content (AvgIpc) is 2.35. The van der Waals surface area contributed by atoms with E-state index in [0.29, 0.717) is 0 Å². The molecule has 110 valence electrons. The first kappa shape index (κ1) is 16.5. The summed E-state index contributed by atoms with van der Waals surface area (Å²) >= 11 is 3.02. The normalized spacial score (nSPS) is 13.9. The van der Waals surface area contributed by atoms with E-state index in [1.807, 2.05) is 0 Å². The molecule has 0 bridgehead atoms. The summed E-state index contributed by atoms with van der Waals surface area (Å²) < 4.78 is 28.5. The SMILES string of the molecule is CC(=O)C(Br)c1cc(OC(F)F)ccc1C(O)C(=O)O. The Morgan fingerprint density at radius 3 is 2.35 bits per heavy atom. The van der Waals surface area contributed by atoms with Crippen LogP contribution in [0.2, 0.25) is 0 Å². The van der Waals surface area contributed by atoms with E-state index in [1.54, 1.807) is 0 Å². The minimum atomic E-state index is -3.05. The molecule has 2 N–H and O–H groups in total. The van der Waals surface area contributed by atoms with Gasteiger partial charge in [-0.25, -0.2) is 4.79 Å². The van der Waals surface area contributed by atoms with Crippen molar-refractivity contribution in [1.29, 1.82) is 0 Å². The maximum atomic E-state index is 12.2. The molecule has 1 aromatic rings. The number of aliphatic hydroxyl groups is 1. The lowest BCUT2D eigenvalue weighted by Gasteiger charge is -2.17. The van der Waals surface area contributed by atoms with Gasteiger partial charge in [0.25, 0.3) is 0 Å². The molecule has 0 aromatic heterocycles. The van der Waals surface area contributed by atoms with Crippen LogP contribution < -0.4 is 4.74 Å². The van der Waals surface area contributed by atoms with Crippen LogP contribution in [0.15, 0.2) is 18.2 Å². The van der Waals surface area contributed by atoms with Gasteiger partial charge in [-0.05, 0) is 30.2 Å². The minimum Gasteiger partial charge on any atom is -0.479 e. The molecule has 0 fully saturated rings. The molecule has 0 amide bonds. The zero-order valence-corrected chi connectivity index (χ0v) is 11.8. The Morgan fingerprint density at radius 1 is 1.30 bits per heavy atom. The zero-order valence-electron chi connectivity index (χ0n) is 10.2. The van der Waals surface area contributed by atoms with Crippen molar-refractivity contribution < 1.29 is 33.3 Å². The Bertz CT molecular complexity index is 521. The molecule has 0 aliphatic rings. The summed E-state index contributed by atoms with van der Waals surface area (Å²) in [5.74, 6) is -2.13. The monoisotopic (exact) mass is 352 g/mol. The van der Waals surface area contributed by atoms with Crippen molar-refractivity contribution in [2.24, 2.45) is 0 Å². The lowest BCUT2D eigenvalue weighted by atomic mass is 9.98. The van der Waals surface area contributed by atoms with E-state index in [4.69, 9.17) is 5.11 Å². The molecular weight excluding hydrogens is 342 g/mol. The van der Waals surface area contributed by atoms with Crippen molar-refractivity contribution in [2.45, 2.75) is 24.5 Å². The smallest absolute Gasteiger partial charge is 0.387 e. The largest absolute Gasteiger partial charge is 0.479 e. The fourth-order valence-corrected chi connectivity index (χ4v) is 1.95. The molecule has 0 spiro atoms. The highest BCUT2D eigenvalue weighted by Gasteiger charge is 2.25. The number of benzene rings is 1. The summed E-state index contributed by atoms with van der Waals surface area (Å²) in [5.41, 5.74) is -0.0123. The topological polar surface area (TPSA) is 83.8 Å². The van der Waals surface area contributed by atoms with Crippen molar-refractivity contribution in [2.75, 3.05) is 0 Å². The first-order valence-electron chi connectivity index (χ1n) is 5.38. The molecule has 1 rings (SSSR count). The zero-order chi connectivity index (χ0) is 15.4. The highest BCUT2D eigenvalue weighted by Crippen LogP contribution is 2.34. The highest BCUT2D eigenvalue weighted by atomic mass is 79.9. The first-order valence-corrected chi connectivity index (χ1v) is 6.29. The maximum Gasteiger partial charge on any atom is 0.387 e. The van der Waals surface area contributed by atoms with Crippen LogP contribution in [0.25, 0.3) is 0 Å². The number of ether oxygens (including phenoxy) is 1. The number of alkyl halides is 3. The van der Waals surface area contributed by atoms with Gasteiger partial charge in [-0.1, -0.05) is 22.0 Å². The third kappa shape index (κ3) is 3.97. The van der Waals surface area contributed by atoms with Gasteiger partial charge in [0.1, 0.15) is 11.5 Å². The second-order valence-corrected chi connectivity index (χ2v) is 4.80. The van der Waals surface area contributed by atoms with Gasteiger partial charge in [-0.15, -0.1) is 0 Å². The minimum absolute atomic E-state index is 0.0607. The molecule has 20 heavy (non-hydrogen) atoms. The summed E-state index contributed by atoms with van der Waals surface area (Å²) in [5, 5.41) is 18.4. The molecule has 0 saturated heterocycles. The number of aliphatic hydroxyl groups excluding tert-OH is 1. The molecule has 2 unspecified atom stereocenters. The van der Waals surface area contributed by atoms with Crippen LogP contribution in [0.4, 0.5) is 8.78 Å². The van der Waals surface area contributed by atoms with E-state index in [0.717, 1.165) is 18.2 Å². The van der Waals surface area contributed by atoms with E-state index in [1.165, 1.54) is 6.92 Å². The summed E-state index contributed by atoms with van der Waals surface area (Å²) in [4.78, 5) is 21.2. The molecular formula is C12H11BrF2O5. The average molecular weight is 353 g/mol. The van der Waals surface area contributed by atoms with Gasteiger partial charge in [-0.2, -0.15) is 8.78 Å². The van der Waals surface area contributed by atoms with Gasteiger partial charge in [0.15, 0.2) is 6.10 Å². The number of halogens is 3. The number of aliphatic carboxylic acids is 1. The second kappa shape index (κ2) is 6.76. The predicted molar refractivity (Wildman–Crippen MR) is 68.0 cm³/mol. The summed E-state index contributed by atoms with van der Waals surface area (Å²) in [6.45, 7) is -1.82. The number of hydrogen-bond acceptors (Lipinski definition) is 4. The third-order valence-corrected chi connectivity index (χ3v) is 3.58. The molecule has 8 heteroatoms. The number of hydrogen-bond donors (Lipinski definition) is 2. The van der Waals surface area contributed by atoms with Gasteiger partial charge in [-0.3, -0.25) is 4.79 Å². The predicted octanol–water partition coefficient (Wildman–Crippen LogP) is 2.43. The number of carbonyl (C=O) groups excluding carboxylic acids is 1. The van der Waals surface area contributed by atoms with Crippen LogP contribution in [0, 0.1) is 0 Å². The molecule has 0 heterocycles. The highest BCUT2D eigenvalue weighted by molar-refractivity contribution is 9.09. The van der Waals surface area contributed by atoms with Crippen LogP contribution in [-0.4, -0.2) is 28.6 Å². The van der Waals surface area contributed by atoms with E-state index >= 15 is 0 Å². The van der Waals surface area contributed by atoms with Gasteiger partial charge in [0, 0.05) is 0 Å². The molecule has 5 nitrogen and oxygen atoms in total. The van der Waals surface area contributed by atoms with Crippen molar-refractivity contribution in [1.82, 2.24) is 0 Å². The number of carbonyl (C=O) groups is 2. The number of ketones is 1. The van der Waals surface area contributed by atoms with Crippen molar-refractivity contribution in [3.8, 4) is 5.75 Å². The summed E-state index contributed by atoms with van der Waals surface area (Å²) in [6.07, 6.45) is -1.87. The lowest BCUT2D eigenvalue weighted by Crippen LogP contribution is -2.15. The molecule has 1 aromatic carbocycles. The molecule has 2 atom stereocenters. The van der Waals surface area contributed by atoms with Crippen molar-refractivity contribution >= 4 is 27.7 Å². The number of carboxylic acid groups (broad SMARTS) is 1. The van der Waals surface area contributed by atoms with Gasteiger partial charge in [0.05, 0.1) is 4.83 Å². The Hall–Kier alpha value is -1.54. The fraction of sp³-hybridized carbons (Fsp3) is 0.333. The van der Waals surface area contributed by atoms with Gasteiger partial charge >= 0.3 is 12.6 Å². The van der Waals surface area contributed by atoms with Gasteiger partial charge < -0.3 is 14.9 Å². The second-order valence-electron chi connectivity index (χ2n) is 3.88. The molecule has 0 radical (unpaired) electrons. The molecule has 0 aliphatic heterocycles.